The molecule has 5 heteroatoms. The van der Waals surface area contributed by atoms with Crippen molar-refractivity contribution in [1.29, 1.82) is 0 Å². The van der Waals surface area contributed by atoms with E-state index in [-0.39, 0.29) is 12.5 Å². The summed E-state index contributed by atoms with van der Waals surface area (Å²) in [7, 11) is 1.57. The Morgan fingerprint density at radius 2 is 2.05 bits per heavy atom. The van der Waals surface area contributed by atoms with Crippen molar-refractivity contribution in [3.8, 4) is 11.5 Å². The number of likely N-dealkylation sites (tertiary alicyclic amines) is 1. The Morgan fingerprint density at radius 3 is 2.67 bits per heavy atom. The van der Waals surface area contributed by atoms with Crippen molar-refractivity contribution < 1.29 is 19.4 Å². The molecular weight excluding hydrogens is 270 g/mol. The molecule has 1 heterocycles. The second-order valence-electron chi connectivity index (χ2n) is 5.31. The topological polar surface area (TPSA) is 59.0 Å². The average Bonchev–Trinajstić information content (AvgIpc) is 2.52. The maximum absolute atomic E-state index is 12.1. The van der Waals surface area contributed by atoms with Gasteiger partial charge in [0.05, 0.1) is 13.2 Å². The Hall–Kier alpha value is -1.75. The van der Waals surface area contributed by atoms with Gasteiger partial charge in [-0.05, 0) is 38.3 Å². The fourth-order valence-electron chi connectivity index (χ4n) is 2.49. The van der Waals surface area contributed by atoms with Crippen molar-refractivity contribution in [2.75, 3.05) is 26.8 Å². The fraction of sp³-hybridized carbons (Fsp3) is 0.562. The van der Waals surface area contributed by atoms with Crippen LogP contribution in [-0.4, -0.2) is 42.7 Å². The highest BCUT2D eigenvalue weighted by atomic mass is 16.5. The number of nitrogens with zero attached hydrogens (tertiary/aromatic N) is 1. The molecule has 0 spiro atoms. The second kappa shape index (κ2) is 7.31. The molecule has 1 aromatic carbocycles. The van der Waals surface area contributed by atoms with E-state index in [4.69, 9.17) is 9.47 Å². The van der Waals surface area contributed by atoms with Crippen LogP contribution in [0, 0.1) is 0 Å². The van der Waals surface area contributed by atoms with Crippen molar-refractivity contribution in [2.24, 2.45) is 0 Å². The van der Waals surface area contributed by atoms with Crippen molar-refractivity contribution in [2.45, 2.75) is 32.3 Å². The van der Waals surface area contributed by atoms with E-state index < -0.39 is 6.10 Å². The maximum atomic E-state index is 12.1. The fourth-order valence-corrected chi connectivity index (χ4v) is 2.49. The number of carbonyl (C=O) groups excluding carboxylic acids is 1. The Labute approximate surface area is 125 Å². The molecule has 2 rings (SSSR count). The first-order valence-electron chi connectivity index (χ1n) is 7.38. The molecule has 0 bridgehead atoms. The van der Waals surface area contributed by atoms with E-state index in [1.54, 1.807) is 32.2 Å². The third-order valence-electron chi connectivity index (χ3n) is 3.73. The number of aliphatic hydroxyl groups excluding tert-OH is 1. The largest absolute Gasteiger partial charge is 0.497 e. The van der Waals surface area contributed by atoms with Crippen LogP contribution in [0.2, 0.25) is 0 Å². The molecule has 1 saturated heterocycles. The van der Waals surface area contributed by atoms with Crippen LogP contribution in [0.3, 0.4) is 0 Å². The second-order valence-corrected chi connectivity index (χ2v) is 5.31. The maximum Gasteiger partial charge on any atom is 0.260 e. The van der Waals surface area contributed by atoms with Crippen LogP contribution in [0.1, 0.15) is 37.9 Å². The molecule has 21 heavy (non-hydrogen) atoms. The highest BCUT2D eigenvalue weighted by Crippen LogP contribution is 2.29. The zero-order valence-electron chi connectivity index (χ0n) is 12.7. The molecule has 1 N–H and O–H groups in total. The van der Waals surface area contributed by atoms with Gasteiger partial charge in [0.25, 0.3) is 5.91 Å². The minimum absolute atomic E-state index is 0.00550. The predicted molar refractivity (Wildman–Crippen MR) is 79.6 cm³/mol. The summed E-state index contributed by atoms with van der Waals surface area (Å²) in [4.78, 5) is 14.0. The minimum Gasteiger partial charge on any atom is -0.497 e. The van der Waals surface area contributed by atoms with Gasteiger partial charge in [-0.1, -0.05) is 0 Å². The van der Waals surface area contributed by atoms with Gasteiger partial charge >= 0.3 is 0 Å². The van der Waals surface area contributed by atoms with Gasteiger partial charge in [-0.3, -0.25) is 4.79 Å². The summed E-state index contributed by atoms with van der Waals surface area (Å²) in [6.07, 6.45) is 2.65. The van der Waals surface area contributed by atoms with Crippen LogP contribution in [-0.2, 0) is 4.79 Å². The van der Waals surface area contributed by atoms with Gasteiger partial charge in [-0.25, -0.2) is 0 Å². The van der Waals surface area contributed by atoms with Crippen LogP contribution in [0.25, 0.3) is 0 Å². The number of ether oxygens (including phenoxy) is 2. The number of hydrogen-bond donors (Lipinski definition) is 1. The van der Waals surface area contributed by atoms with Crippen molar-refractivity contribution >= 4 is 5.91 Å². The number of hydrogen-bond acceptors (Lipinski definition) is 4. The van der Waals surface area contributed by atoms with Crippen molar-refractivity contribution in [1.82, 2.24) is 4.90 Å². The molecule has 0 saturated carbocycles. The number of amides is 1. The van der Waals surface area contributed by atoms with E-state index in [2.05, 4.69) is 0 Å². The number of piperidine rings is 1. The summed E-state index contributed by atoms with van der Waals surface area (Å²) in [5, 5.41) is 9.77. The van der Waals surface area contributed by atoms with Crippen LogP contribution in [0.5, 0.6) is 11.5 Å². The molecule has 1 aliphatic heterocycles. The van der Waals surface area contributed by atoms with Gasteiger partial charge in [0.2, 0.25) is 0 Å². The Kier molecular flexibility index (Phi) is 5.44. The summed E-state index contributed by atoms with van der Waals surface area (Å²) in [6, 6.07) is 5.22. The zero-order valence-corrected chi connectivity index (χ0v) is 12.7. The van der Waals surface area contributed by atoms with Gasteiger partial charge in [-0.15, -0.1) is 0 Å². The SMILES string of the molecule is COc1ccc([C@@H](C)O)c(OCC(=O)N2CCCCC2)c1. The van der Waals surface area contributed by atoms with E-state index in [9.17, 15) is 9.90 Å². The molecule has 116 valence electrons. The highest BCUT2D eigenvalue weighted by molar-refractivity contribution is 5.77. The zero-order chi connectivity index (χ0) is 15.2. The molecule has 0 radical (unpaired) electrons. The average molecular weight is 293 g/mol. The summed E-state index contributed by atoms with van der Waals surface area (Å²) < 4.78 is 10.8. The van der Waals surface area contributed by atoms with Crippen LogP contribution in [0.15, 0.2) is 18.2 Å². The van der Waals surface area contributed by atoms with Crippen molar-refractivity contribution in [3.63, 3.8) is 0 Å². The third kappa shape index (κ3) is 4.11. The number of carbonyl (C=O) groups is 1. The lowest BCUT2D eigenvalue weighted by atomic mass is 10.1. The Balaban J connectivity index is 2.02. The van der Waals surface area contributed by atoms with Gasteiger partial charge in [0.15, 0.2) is 6.61 Å². The first kappa shape index (κ1) is 15.6. The summed E-state index contributed by atoms with van der Waals surface area (Å²) in [5.74, 6) is 1.13. The van der Waals surface area contributed by atoms with Crippen LogP contribution in [0.4, 0.5) is 0 Å². The van der Waals surface area contributed by atoms with Crippen molar-refractivity contribution in [3.05, 3.63) is 23.8 Å². The molecule has 1 amide bonds. The minimum atomic E-state index is -0.656. The molecule has 5 nitrogen and oxygen atoms in total. The number of rotatable bonds is 5. The highest BCUT2D eigenvalue weighted by Gasteiger charge is 2.18. The molecule has 1 aliphatic rings. The van der Waals surface area contributed by atoms with E-state index in [0.29, 0.717) is 17.1 Å². The molecule has 1 fully saturated rings. The molecule has 0 aliphatic carbocycles. The van der Waals surface area contributed by atoms with E-state index in [0.717, 1.165) is 25.9 Å². The molecule has 0 aromatic heterocycles. The van der Waals surface area contributed by atoms with Gasteiger partial charge in [0.1, 0.15) is 11.5 Å². The van der Waals surface area contributed by atoms with Gasteiger partial charge < -0.3 is 19.5 Å². The van der Waals surface area contributed by atoms with E-state index >= 15 is 0 Å². The first-order chi connectivity index (χ1) is 10.1. The smallest absolute Gasteiger partial charge is 0.260 e. The number of benzene rings is 1. The molecule has 1 atom stereocenters. The lowest BCUT2D eigenvalue weighted by molar-refractivity contribution is -0.134. The normalized spacial score (nSPS) is 16.4. The molecular formula is C16H23NO4. The third-order valence-corrected chi connectivity index (χ3v) is 3.73. The van der Waals surface area contributed by atoms with E-state index in [1.165, 1.54) is 6.42 Å². The Bertz CT molecular complexity index is 481. The lowest BCUT2D eigenvalue weighted by Gasteiger charge is -2.26. The van der Waals surface area contributed by atoms with Gasteiger partial charge in [-0.2, -0.15) is 0 Å². The summed E-state index contributed by atoms with van der Waals surface area (Å²) in [6.45, 7) is 3.28. The first-order valence-corrected chi connectivity index (χ1v) is 7.38. The molecule has 0 unspecified atom stereocenters. The monoisotopic (exact) mass is 293 g/mol. The predicted octanol–water partition coefficient (Wildman–Crippen LogP) is 2.14. The molecule has 1 aromatic rings. The van der Waals surface area contributed by atoms with Crippen LogP contribution < -0.4 is 9.47 Å². The Morgan fingerprint density at radius 1 is 1.33 bits per heavy atom. The summed E-state index contributed by atoms with van der Waals surface area (Å²) in [5.41, 5.74) is 0.655. The lowest BCUT2D eigenvalue weighted by Crippen LogP contribution is -2.38. The van der Waals surface area contributed by atoms with Crippen LogP contribution >= 0.6 is 0 Å². The van der Waals surface area contributed by atoms with Gasteiger partial charge in [0, 0.05) is 24.7 Å². The van der Waals surface area contributed by atoms with E-state index in [1.807, 2.05) is 4.90 Å². The summed E-state index contributed by atoms with van der Waals surface area (Å²) >= 11 is 0. The number of aliphatic hydroxyl groups is 1. The number of methoxy groups -OCH3 is 1. The quantitative estimate of drug-likeness (QED) is 0.903. The standard InChI is InChI=1S/C16H23NO4/c1-12(18)14-7-6-13(20-2)10-15(14)21-11-16(19)17-8-4-3-5-9-17/h6-7,10,12,18H,3-5,8-9,11H2,1-2H3/t12-/m1/s1.